The Bertz CT molecular complexity index is 1100. The Morgan fingerprint density at radius 1 is 0.644 bits per heavy atom. The molecule has 0 atom stereocenters. The Labute approximate surface area is 313 Å². The Morgan fingerprint density at radius 3 is 1.09 bits per heavy atom. The van der Waals surface area contributed by atoms with Crippen molar-refractivity contribution < 1.29 is 44.0 Å². The van der Waals surface area contributed by atoms with Crippen LogP contribution in [0.4, 0.5) is 0 Å². The number of rotatable bonds is 8. The summed E-state index contributed by atoms with van der Waals surface area (Å²) in [5.74, 6) is 0.749. The van der Waals surface area contributed by atoms with E-state index in [9.17, 15) is 9.59 Å². The first-order valence-corrected chi connectivity index (χ1v) is 17.4. The molecule has 2 aliphatic rings. The van der Waals surface area contributed by atoms with Gasteiger partial charge >= 0.3 is 29.2 Å². The molecule has 9 heteroatoms. The van der Waals surface area contributed by atoms with Crippen LogP contribution in [0.1, 0.15) is 86.8 Å². The summed E-state index contributed by atoms with van der Waals surface area (Å²) in [7, 11) is 8.94. The van der Waals surface area contributed by atoms with Crippen molar-refractivity contribution in [2.45, 2.75) is 105 Å². The zero-order chi connectivity index (χ0) is 31.9. The van der Waals surface area contributed by atoms with Gasteiger partial charge in [-0.3, -0.25) is 9.59 Å². The molecule has 2 N–H and O–H groups in total. The van der Waals surface area contributed by atoms with Gasteiger partial charge in [0.25, 0.3) is 0 Å². The van der Waals surface area contributed by atoms with Crippen LogP contribution < -0.4 is 0 Å². The van der Waals surface area contributed by atoms with Crippen molar-refractivity contribution in [1.82, 2.24) is 0 Å². The van der Waals surface area contributed by atoms with Crippen molar-refractivity contribution in [3.63, 3.8) is 0 Å². The predicted octanol–water partition coefficient (Wildman–Crippen LogP) is 7.77. The number of hydrogen-bond donors (Lipinski definition) is 0. The second-order valence-corrected chi connectivity index (χ2v) is 14.2. The number of Topliss-reactive ketones (excluding diaryl/α,β-unsaturated/α-hetero) is 2. The van der Waals surface area contributed by atoms with E-state index in [0.29, 0.717) is 24.4 Å². The average molecular weight is 875 g/mol. The van der Waals surface area contributed by atoms with Crippen molar-refractivity contribution in [2.75, 3.05) is 40.3 Å². The number of nitrogens with zero attached hydrogens (tertiary/aromatic N) is 2. The van der Waals surface area contributed by atoms with E-state index in [1.807, 2.05) is 0 Å². The van der Waals surface area contributed by atoms with E-state index in [2.05, 4.69) is 135 Å². The van der Waals surface area contributed by atoms with Gasteiger partial charge in [0.1, 0.15) is 0 Å². The quantitative estimate of drug-likeness (QED) is 0.155. The second-order valence-electron chi connectivity index (χ2n) is 14.2. The molecule has 0 radical (unpaired) electrons. The molecule has 5 nitrogen and oxygen atoms in total. The molecule has 2 aromatic rings. The van der Waals surface area contributed by atoms with Gasteiger partial charge in [-0.1, -0.05) is 36.4 Å². The number of carbonyl (C=O) groups is 2. The number of benzene rings is 2. The van der Waals surface area contributed by atoms with E-state index >= 15 is 0 Å². The molecule has 262 valence electrons. The Kier molecular flexibility index (Phi) is 20.4. The molecule has 0 aliphatic carbocycles. The van der Waals surface area contributed by atoms with Crippen LogP contribution >= 0.6 is 45.6 Å². The second kappa shape index (κ2) is 19.6. The van der Waals surface area contributed by atoms with Crippen LogP contribution in [0, 0.1) is 27.7 Å². The SMILES string of the molecule is Cc1cccc(C)c1CC(=O)C(C)(C)[N+]1(C)CCCC1.Cc1cccc(C)c1CC(=O)C(C)(C)[N+]1(C)CCCC1.Cl.I.O.[Cl][Ag]. The fraction of sp³-hybridized carbons (Fsp3) is 0.611. The molecular formula is C36H60AgCl2IN2O3+2. The van der Waals surface area contributed by atoms with E-state index in [-0.39, 0.29) is 52.9 Å². The summed E-state index contributed by atoms with van der Waals surface area (Å²) in [4.78, 5) is 25.8. The third-order valence-corrected chi connectivity index (χ3v) is 11.1. The fourth-order valence-electron chi connectivity index (χ4n) is 6.80. The molecule has 2 saturated heterocycles. The Balaban J connectivity index is 0. The summed E-state index contributed by atoms with van der Waals surface area (Å²) in [5.41, 5.74) is 6.80. The van der Waals surface area contributed by atoms with Crippen LogP contribution in [0.5, 0.6) is 0 Å². The summed E-state index contributed by atoms with van der Waals surface area (Å²) in [6.07, 6.45) is 6.12. The molecule has 2 aromatic carbocycles. The molecule has 0 bridgehead atoms. The van der Waals surface area contributed by atoms with E-state index in [0.717, 1.165) is 35.1 Å². The summed E-state index contributed by atoms with van der Waals surface area (Å²) in [5, 5.41) is 0. The standard InChI is InChI=1S/2C18H28NO.Ag.2ClH.HI.H2O/c2*1-14-9-8-10-15(2)16(14)13-17(20)18(3,4)19(5)11-6-7-12-19;;;;;/h2*8-10H,6-7,11-13H2,1-5H3;;3*1H;1H2/q3*+1;;;;/p-1. The maximum absolute atomic E-state index is 12.9. The van der Waals surface area contributed by atoms with Crippen molar-refractivity contribution >= 4 is 57.1 Å². The molecule has 0 spiro atoms. The van der Waals surface area contributed by atoms with Gasteiger partial charge in [0.2, 0.25) is 0 Å². The monoisotopic (exact) mass is 872 g/mol. The van der Waals surface area contributed by atoms with Gasteiger partial charge in [-0.05, 0) is 88.8 Å². The van der Waals surface area contributed by atoms with Gasteiger partial charge in [0.05, 0.1) is 40.3 Å². The fourth-order valence-corrected chi connectivity index (χ4v) is 6.80. The van der Waals surface area contributed by atoms with Gasteiger partial charge in [-0.2, -0.15) is 0 Å². The number of hydrogen-bond acceptors (Lipinski definition) is 2. The third kappa shape index (κ3) is 10.9. The van der Waals surface area contributed by atoms with Gasteiger partial charge in [0.15, 0.2) is 22.6 Å². The first kappa shape index (κ1) is 46.8. The normalized spacial score (nSPS) is 16.4. The topological polar surface area (TPSA) is 65.6 Å². The number of carbonyl (C=O) groups excluding carboxylic acids is 2. The van der Waals surface area contributed by atoms with Crippen molar-refractivity contribution in [3.05, 3.63) is 69.8 Å². The molecular weight excluding hydrogens is 814 g/mol. The van der Waals surface area contributed by atoms with Gasteiger partial charge in [0, 0.05) is 38.5 Å². The predicted molar refractivity (Wildman–Crippen MR) is 200 cm³/mol. The molecule has 2 fully saturated rings. The van der Waals surface area contributed by atoms with Crippen LogP contribution in [-0.2, 0) is 42.4 Å². The minimum atomic E-state index is -0.286. The van der Waals surface area contributed by atoms with Crippen LogP contribution in [-0.4, -0.2) is 77.4 Å². The number of likely N-dealkylation sites (tertiary alicyclic amines) is 2. The van der Waals surface area contributed by atoms with Crippen LogP contribution in [0.3, 0.4) is 0 Å². The van der Waals surface area contributed by atoms with Crippen LogP contribution in [0.15, 0.2) is 36.4 Å². The maximum atomic E-state index is 12.9. The molecule has 2 aliphatic heterocycles. The zero-order valence-electron chi connectivity index (χ0n) is 29.2. The number of ketones is 2. The zero-order valence-corrected chi connectivity index (χ0v) is 34.6. The first-order valence-electron chi connectivity index (χ1n) is 15.5. The van der Waals surface area contributed by atoms with Gasteiger partial charge in [-0.15, -0.1) is 36.4 Å². The molecule has 0 saturated carbocycles. The van der Waals surface area contributed by atoms with Gasteiger partial charge < -0.3 is 14.4 Å². The molecule has 2 heterocycles. The van der Waals surface area contributed by atoms with E-state index in [4.69, 9.17) is 0 Å². The molecule has 0 unspecified atom stereocenters. The summed E-state index contributed by atoms with van der Waals surface area (Å²) < 4.78 is 1.80. The van der Waals surface area contributed by atoms with Crippen molar-refractivity contribution in [1.29, 1.82) is 0 Å². The number of halogens is 3. The number of quaternary nitrogens is 2. The summed E-state index contributed by atoms with van der Waals surface area (Å²) in [6.45, 7) is 21.5. The molecule has 0 aromatic heterocycles. The molecule has 45 heavy (non-hydrogen) atoms. The average Bonchev–Trinajstić information content (AvgIpc) is 3.60. The van der Waals surface area contributed by atoms with Crippen LogP contribution in [0.2, 0.25) is 0 Å². The van der Waals surface area contributed by atoms with Crippen LogP contribution in [0.25, 0.3) is 0 Å². The van der Waals surface area contributed by atoms with E-state index in [1.165, 1.54) is 59.1 Å². The van der Waals surface area contributed by atoms with E-state index in [1.54, 1.807) is 0 Å². The first-order chi connectivity index (χ1) is 19.6. The summed E-state index contributed by atoms with van der Waals surface area (Å²) in [6, 6.07) is 12.6. The summed E-state index contributed by atoms with van der Waals surface area (Å²) >= 11 is 2.42. The van der Waals surface area contributed by atoms with Gasteiger partial charge in [-0.25, -0.2) is 0 Å². The Morgan fingerprint density at radius 2 is 0.867 bits per heavy atom. The molecule has 4 rings (SSSR count). The van der Waals surface area contributed by atoms with Crippen molar-refractivity contribution in [2.24, 2.45) is 0 Å². The molecule has 0 amide bonds. The van der Waals surface area contributed by atoms with E-state index < -0.39 is 0 Å². The minimum absolute atomic E-state index is 0. The Hall–Kier alpha value is -0.290. The number of likely N-dealkylation sites (N-methyl/N-ethyl adjacent to an activating group) is 2. The van der Waals surface area contributed by atoms with Crippen molar-refractivity contribution in [3.8, 4) is 0 Å². The number of aryl methyl sites for hydroxylation is 4. The third-order valence-electron chi connectivity index (χ3n) is 11.1.